The van der Waals surface area contributed by atoms with E-state index in [2.05, 4.69) is 54.5 Å². The van der Waals surface area contributed by atoms with Crippen LogP contribution < -0.4 is 0 Å². The third-order valence-corrected chi connectivity index (χ3v) is 7.57. The van der Waals surface area contributed by atoms with Crippen LogP contribution in [-0.2, 0) is 14.3 Å². The quantitative estimate of drug-likeness (QED) is 0.548. The summed E-state index contributed by atoms with van der Waals surface area (Å²) in [5.41, 5.74) is 0.850. The van der Waals surface area contributed by atoms with Crippen molar-refractivity contribution in [2.24, 2.45) is 22.2 Å². The molecule has 0 amide bonds. The molecule has 5 atom stereocenters. The summed E-state index contributed by atoms with van der Waals surface area (Å²) in [5, 5.41) is 0. The molecule has 2 bridgehead atoms. The molecule has 3 nitrogen and oxygen atoms in total. The van der Waals surface area contributed by atoms with E-state index in [9.17, 15) is 4.79 Å². The second-order valence-electron chi connectivity index (χ2n) is 11.0. The molecule has 0 saturated carbocycles. The Bertz CT molecular complexity index is 678. The molecule has 0 aromatic rings. The number of ether oxygens (including phenoxy) is 2. The average molecular weight is 375 g/mol. The largest absolute Gasteiger partial charge is 0.500 e. The maximum Gasteiger partial charge on any atom is 0.165 e. The number of methoxy groups -OCH3 is 1. The van der Waals surface area contributed by atoms with Gasteiger partial charge in [-0.25, -0.2) is 0 Å². The van der Waals surface area contributed by atoms with E-state index in [0.29, 0.717) is 5.41 Å². The lowest BCUT2D eigenvalue weighted by Gasteiger charge is -2.54. The smallest absolute Gasteiger partial charge is 0.165 e. The SMILES string of the molecule is COC1=CC(=O)[C@@H]2[C@](C)(CCCC(C)(C)C)[C@H]3C[C@@]1(CC=C(C)C)[C@@]2(C)O3. The van der Waals surface area contributed by atoms with E-state index in [-0.39, 0.29) is 28.6 Å². The molecular formula is C24H38O3. The van der Waals surface area contributed by atoms with Crippen LogP contribution >= 0.6 is 0 Å². The van der Waals surface area contributed by atoms with Gasteiger partial charge in [0, 0.05) is 11.5 Å². The molecule has 2 fully saturated rings. The van der Waals surface area contributed by atoms with Crippen molar-refractivity contribution in [3.05, 3.63) is 23.5 Å². The van der Waals surface area contributed by atoms with Crippen molar-refractivity contribution in [2.45, 2.75) is 92.3 Å². The number of hydrogen-bond donors (Lipinski definition) is 0. The van der Waals surface area contributed by atoms with Gasteiger partial charge in [-0.1, -0.05) is 45.8 Å². The Morgan fingerprint density at radius 2 is 2.00 bits per heavy atom. The maximum absolute atomic E-state index is 13.2. The first-order chi connectivity index (χ1) is 12.4. The Morgan fingerprint density at radius 1 is 1.33 bits per heavy atom. The zero-order valence-electron chi connectivity index (χ0n) is 18.6. The zero-order chi connectivity index (χ0) is 20.3. The Hall–Kier alpha value is -1.09. The highest BCUT2D eigenvalue weighted by Crippen LogP contribution is 2.71. The number of carbonyl (C=O) groups is 1. The molecule has 27 heavy (non-hydrogen) atoms. The first-order valence-electron chi connectivity index (χ1n) is 10.5. The molecule has 3 aliphatic rings. The minimum atomic E-state index is -0.475. The standard InChI is InChI=1S/C24H38O3/c1-16(2)10-13-24-15-19-22(6,12-9-11-21(3,4)5)20(23(24,7)27-19)17(25)14-18(24)26-8/h10,14,19-20H,9,11-13,15H2,1-8H3/t19-,20-,22-,23+,24-/m1/s1. The van der Waals surface area contributed by atoms with E-state index < -0.39 is 5.60 Å². The van der Waals surface area contributed by atoms with Crippen LogP contribution in [0.4, 0.5) is 0 Å². The highest BCUT2D eigenvalue weighted by molar-refractivity contribution is 5.96. The van der Waals surface area contributed by atoms with E-state index in [4.69, 9.17) is 9.47 Å². The average Bonchev–Trinajstić information content (AvgIpc) is 2.95. The number of fused-ring (bicyclic) bond motifs is 1. The Balaban J connectivity index is 1.97. The molecule has 3 rings (SSSR count). The fraction of sp³-hybridized carbons (Fsp3) is 0.792. The Labute approximate surface area is 165 Å². The zero-order valence-corrected chi connectivity index (χ0v) is 18.6. The molecule has 0 aromatic heterocycles. The van der Waals surface area contributed by atoms with Gasteiger partial charge in [0.25, 0.3) is 0 Å². The minimum Gasteiger partial charge on any atom is -0.500 e. The van der Waals surface area contributed by atoms with Gasteiger partial charge in [-0.05, 0) is 51.9 Å². The second kappa shape index (κ2) is 6.47. The van der Waals surface area contributed by atoms with Crippen molar-refractivity contribution in [3.63, 3.8) is 0 Å². The summed E-state index contributed by atoms with van der Waals surface area (Å²) in [6, 6.07) is 0. The van der Waals surface area contributed by atoms with Crippen LogP contribution in [0.2, 0.25) is 0 Å². The number of ketones is 1. The van der Waals surface area contributed by atoms with E-state index >= 15 is 0 Å². The summed E-state index contributed by atoms with van der Waals surface area (Å²) >= 11 is 0. The van der Waals surface area contributed by atoms with Crippen LogP contribution in [0.15, 0.2) is 23.5 Å². The van der Waals surface area contributed by atoms with E-state index in [0.717, 1.165) is 31.4 Å². The summed E-state index contributed by atoms with van der Waals surface area (Å²) in [6.45, 7) is 15.6. The first-order valence-corrected chi connectivity index (χ1v) is 10.5. The molecule has 3 heteroatoms. The fourth-order valence-corrected chi connectivity index (χ4v) is 6.11. The van der Waals surface area contributed by atoms with Crippen LogP contribution in [0.25, 0.3) is 0 Å². The van der Waals surface area contributed by atoms with Gasteiger partial charge in [0.1, 0.15) is 5.76 Å². The lowest BCUT2D eigenvalue weighted by atomic mass is 9.47. The summed E-state index contributed by atoms with van der Waals surface area (Å²) < 4.78 is 12.5. The van der Waals surface area contributed by atoms with Crippen molar-refractivity contribution < 1.29 is 14.3 Å². The number of rotatable bonds is 6. The van der Waals surface area contributed by atoms with Crippen molar-refractivity contribution in [1.82, 2.24) is 0 Å². The maximum atomic E-state index is 13.2. The third kappa shape index (κ3) is 3.01. The van der Waals surface area contributed by atoms with Crippen LogP contribution in [0.3, 0.4) is 0 Å². The monoisotopic (exact) mass is 374 g/mol. The van der Waals surface area contributed by atoms with Crippen molar-refractivity contribution in [1.29, 1.82) is 0 Å². The first kappa shape index (κ1) is 20.6. The van der Waals surface area contributed by atoms with Gasteiger partial charge in [-0.3, -0.25) is 4.79 Å². The minimum absolute atomic E-state index is 0.0758. The van der Waals surface area contributed by atoms with Crippen LogP contribution in [0.5, 0.6) is 0 Å². The Kier molecular flexibility index (Phi) is 4.95. The normalized spacial score (nSPS) is 40.1. The van der Waals surface area contributed by atoms with Gasteiger partial charge in [0.05, 0.1) is 30.1 Å². The fourth-order valence-electron chi connectivity index (χ4n) is 6.11. The molecule has 2 aliphatic heterocycles. The lowest BCUT2D eigenvalue weighted by Crippen LogP contribution is -2.60. The number of allylic oxidation sites excluding steroid dienone is 3. The number of carbonyl (C=O) groups excluding carboxylic acids is 1. The highest BCUT2D eigenvalue weighted by Gasteiger charge is 2.76. The second-order valence-corrected chi connectivity index (χ2v) is 11.0. The highest BCUT2D eigenvalue weighted by atomic mass is 16.5. The molecular weight excluding hydrogens is 336 g/mol. The molecule has 0 aromatic carbocycles. The predicted molar refractivity (Wildman–Crippen MR) is 109 cm³/mol. The Morgan fingerprint density at radius 3 is 2.56 bits per heavy atom. The molecule has 2 heterocycles. The summed E-state index contributed by atoms with van der Waals surface area (Å²) in [7, 11) is 1.70. The predicted octanol–water partition coefficient (Wildman–Crippen LogP) is 5.84. The van der Waals surface area contributed by atoms with Gasteiger partial charge in [-0.15, -0.1) is 0 Å². The summed E-state index contributed by atoms with van der Waals surface area (Å²) in [6.07, 6.45) is 9.39. The van der Waals surface area contributed by atoms with Gasteiger partial charge < -0.3 is 9.47 Å². The topological polar surface area (TPSA) is 35.5 Å². The van der Waals surface area contributed by atoms with E-state index in [1.54, 1.807) is 13.2 Å². The van der Waals surface area contributed by atoms with Crippen LogP contribution in [0.1, 0.15) is 80.6 Å². The van der Waals surface area contributed by atoms with Crippen molar-refractivity contribution >= 4 is 5.78 Å². The summed E-state index contributed by atoms with van der Waals surface area (Å²) in [4.78, 5) is 13.2. The molecule has 0 radical (unpaired) electrons. The molecule has 2 saturated heterocycles. The van der Waals surface area contributed by atoms with Gasteiger partial charge >= 0.3 is 0 Å². The number of hydrogen-bond acceptors (Lipinski definition) is 3. The van der Waals surface area contributed by atoms with Gasteiger partial charge in [-0.2, -0.15) is 0 Å². The van der Waals surface area contributed by atoms with E-state index in [1.165, 1.54) is 12.0 Å². The van der Waals surface area contributed by atoms with Crippen molar-refractivity contribution in [2.75, 3.05) is 7.11 Å². The molecule has 0 unspecified atom stereocenters. The lowest BCUT2D eigenvalue weighted by molar-refractivity contribution is -0.137. The molecule has 152 valence electrons. The molecule has 0 N–H and O–H groups in total. The van der Waals surface area contributed by atoms with Crippen LogP contribution in [0, 0.1) is 22.2 Å². The summed E-state index contributed by atoms with van der Waals surface area (Å²) in [5.74, 6) is 0.943. The van der Waals surface area contributed by atoms with E-state index in [1.807, 2.05) is 0 Å². The molecule has 0 spiro atoms. The van der Waals surface area contributed by atoms with Crippen molar-refractivity contribution in [3.8, 4) is 0 Å². The third-order valence-electron chi connectivity index (χ3n) is 7.57. The van der Waals surface area contributed by atoms with Gasteiger partial charge in [0.15, 0.2) is 5.78 Å². The van der Waals surface area contributed by atoms with Gasteiger partial charge in [0.2, 0.25) is 0 Å². The van der Waals surface area contributed by atoms with Crippen LogP contribution in [-0.4, -0.2) is 24.6 Å². The molecule has 1 aliphatic carbocycles.